The van der Waals surface area contributed by atoms with E-state index in [1.165, 1.54) is 25.3 Å². The summed E-state index contributed by atoms with van der Waals surface area (Å²) in [7, 11) is 0. The number of aliphatic hydroxyl groups excluding tert-OH is 1. The fourth-order valence-electron chi connectivity index (χ4n) is 2.31. The van der Waals surface area contributed by atoms with Crippen molar-refractivity contribution >= 4 is 0 Å². The molecule has 0 amide bonds. The number of nitrogens with zero attached hydrogens (tertiary/aromatic N) is 1. The van der Waals surface area contributed by atoms with Gasteiger partial charge in [-0.2, -0.15) is 0 Å². The fourth-order valence-corrected chi connectivity index (χ4v) is 2.31. The lowest BCUT2D eigenvalue weighted by atomic mass is 10.1. The number of hydrogen-bond acceptors (Lipinski definition) is 2. The molecule has 3 heteroatoms. The van der Waals surface area contributed by atoms with Gasteiger partial charge in [-0.25, -0.2) is 4.39 Å². The van der Waals surface area contributed by atoms with Crippen molar-refractivity contribution in [3.8, 4) is 11.8 Å². The van der Waals surface area contributed by atoms with Crippen LogP contribution in [0.25, 0.3) is 0 Å². The largest absolute Gasteiger partial charge is 0.384 e. The summed E-state index contributed by atoms with van der Waals surface area (Å²) >= 11 is 0. The second-order valence-electron chi connectivity index (χ2n) is 5.32. The van der Waals surface area contributed by atoms with Gasteiger partial charge in [0.2, 0.25) is 0 Å². The van der Waals surface area contributed by atoms with Crippen LogP contribution < -0.4 is 0 Å². The molecule has 1 aromatic carbocycles. The Labute approximate surface area is 120 Å². The SMILES string of the molecule is CCCCN(Cc1ccc(C#CCO)cc1F)C1CC1. The van der Waals surface area contributed by atoms with Gasteiger partial charge in [-0.1, -0.05) is 31.3 Å². The first kappa shape index (κ1) is 15.0. The zero-order valence-electron chi connectivity index (χ0n) is 12.0. The molecule has 1 N–H and O–H groups in total. The lowest BCUT2D eigenvalue weighted by molar-refractivity contribution is 0.247. The molecule has 0 aromatic heterocycles. The van der Waals surface area contributed by atoms with E-state index < -0.39 is 0 Å². The predicted octanol–water partition coefficient (Wildman–Crippen LogP) is 2.93. The molecule has 1 saturated carbocycles. The molecule has 0 heterocycles. The maximum atomic E-state index is 14.1. The monoisotopic (exact) mass is 275 g/mol. The number of benzene rings is 1. The Bertz CT molecular complexity index is 499. The van der Waals surface area contributed by atoms with Crippen molar-refractivity contribution in [1.29, 1.82) is 0 Å². The van der Waals surface area contributed by atoms with Crippen LogP contribution >= 0.6 is 0 Å². The van der Waals surface area contributed by atoms with E-state index in [-0.39, 0.29) is 12.4 Å². The lowest BCUT2D eigenvalue weighted by Crippen LogP contribution is -2.27. The predicted molar refractivity (Wildman–Crippen MR) is 78.7 cm³/mol. The van der Waals surface area contributed by atoms with Crippen molar-refractivity contribution in [2.75, 3.05) is 13.2 Å². The normalized spacial score (nSPS) is 14.2. The summed E-state index contributed by atoms with van der Waals surface area (Å²) in [4.78, 5) is 2.39. The maximum Gasteiger partial charge on any atom is 0.128 e. The topological polar surface area (TPSA) is 23.5 Å². The summed E-state index contributed by atoms with van der Waals surface area (Å²) in [6.45, 7) is 3.72. The Hall–Kier alpha value is -1.37. The molecule has 108 valence electrons. The Kier molecular flexibility index (Phi) is 5.58. The molecule has 1 aliphatic carbocycles. The van der Waals surface area contributed by atoms with E-state index in [0.29, 0.717) is 18.2 Å². The first-order chi connectivity index (χ1) is 9.74. The van der Waals surface area contributed by atoms with Crippen LogP contribution in [0.4, 0.5) is 4.39 Å². The highest BCUT2D eigenvalue weighted by Gasteiger charge is 2.28. The first-order valence-corrected chi connectivity index (χ1v) is 7.36. The van der Waals surface area contributed by atoms with Crippen molar-refractivity contribution in [1.82, 2.24) is 4.90 Å². The Balaban J connectivity index is 2.03. The van der Waals surface area contributed by atoms with Crippen molar-refractivity contribution < 1.29 is 9.50 Å². The molecule has 0 unspecified atom stereocenters. The second-order valence-corrected chi connectivity index (χ2v) is 5.32. The maximum absolute atomic E-state index is 14.1. The van der Waals surface area contributed by atoms with Gasteiger partial charge in [-0.15, -0.1) is 0 Å². The molecule has 0 aliphatic heterocycles. The molecule has 1 fully saturated rings. The van der Waals surface area contributed by atoms with Gasteiger partial charge in [0, 0.05) is 23.7 Å². The number of rotatable bonds is 6. The van der Waals surface area contributed by atoms with Gasteiger partial charge in [0.25, 0.3) is 0 Å². The summed E-state index contributed by atoms with van der Waals surface area (Å²) < 4.78 is 14.1. The number of aliphatic hydroxyl groups is 1. The zero-order valence-corrected chi connectivity index (χ0v) is 12.0. The Morgan fingerprint density at radius 3 is 2.80 bits per heavy atom. The van der Waals surface area contributed by atoms with E-state index in [9.17, 15) is 4.39 Å². The van der Waals surface area contributed by atoms with E-state index in [0.717, 1.165) is 18.5 Å². The number of halogens is 1. The molecule has 1 aliphatic rings. The lowest BCUT2D eigenvalue weighted by Gasteiger charge is -2.22. The van der Waals surface area contributed by atoms with Crippen LogP contribution in [0.2, 0.25) is 0 Å². The molecule has 2 nitrogen and oxygen atoms in total. The average molecular weight is 275 g/mol. The van der Waals surface area contributed by atoms with Crippen molar-refractivity contribution in [3.05, 3.63) is 35.1 Å². The van der Waals surface area contributed by atoms with E-state index in [1.807, 2.05) is 12.1 Å². The summed E-state index contributed by atoms with van der Waals surface area (Å²) in [6.07, 6.45) is 4.82. The molecule has 0 atom stereocenters. The molecular formula is C17H22FNO. The van der Waals surface area contributed by atoms with Crippen LogP contribution in [0.5, 0.6) is 0 Å². The molecular weight excluding hydrogens is 253 g/mol. The number of unbranched alkanes of at least 4 members (excludes halogenated alkanes) is 1. The fraction of sp³-hybridized carbons (Fsp3) is 0.529. The Morgan fingerprint density at radius 1 is 1.40 bits per heavy atom. The highest BCUT2D eigenvalue weighted by atomic mass is 19.1. The highest BCUT2D eigenvalue weighted by molar-refractivity contribution is 5.37. The van der Waals surface area contributed by atoms with Crippen LogP contribution in [-0.4, -0.2) is 29.2 Å². The standard InChI is InChI=1S/C17H22FNO/c1-2-3-10-19(16-8-9-16)13-15-7-6-14(5-4-11-20)12-17(15)18/h6-7,12,16,20H,2-3,8-11,13H2,1H3. The van der Waals surface area contributed by atoms with Gasteiger partial charge in [0.15, 0.2) is 0 Å². The van der Waals surface area contributed by atoms with E-state index in [4.69, 9.17) is 5.11 Å². The van der Waals surface area contributed by atoms with Gasteiger partial charge in [-0.05, 0) is 37.9 Å². The average Bonchev–Trinajstić information content (AvgIpc) is 3.27. The van der Waals surface area contributed by atoms with Crippen LogP contribution in [0.3, 0.4) is 0 Å². The van der Waals surface area contributed by atoms with Crippen LogP contribution in [0.1, 0.15) is 43.7 Å². The van der Waals surface area contributed by atoms with Crippen molar-refractivity contribution in [2.24, 2.45) is 0 Å². The molecule has 0 spiro atoms. The minimum atomic E-state index is -0.199. The van der Waals surface area contributed by atoms with Crippen molar-refractivity contribution in [3.63, 3.8) is 0 Å². The van der Waals surface area contributed by atoms with Gasteiger partial charge in [0.05, 0.1) is 0 Å². The smallest absolute Gasteiger partial charge is 0.128 e. The van der Waals surface area contributed by atoms with E-state index >= 15 is 0 Å². The van der Waals surface area contributed by atoms with Gasteiger partial charge >= 0.3 is 0 Å². The summed E-state index contributed by atoms with van der Waals surface area (Å²) in [6, 6.07) is 5.75. The second kappa shape index (κ2) is 7.42. The Morgan fingerprint density at radius 2 is 2.20 bits per heavy atom. The van der Waals surface area contributed by atoms with Crippen molar-refractivity contribution in [2.45, 2.75) is 45.2 Å². The van der Waals surface area contributed by atoms with Gasteiger partial charge in [-0.3, -0.25) is 4.90 Å². The molecule has 20 heavy (non-hydrogen) atoms. The summed E-state index contributed by atoms with van der Waals surface area (Å²) in [5, 5.41) is 8.65. The quantitative estimate of drug-likeness (QED) is 0.807. The molecule has 0 bridgehead atoms. The third kappa shape index (κ3) is 4.33. The third-order valence-electron chi connectivity index (χ3n) is 3.60. The molecule has 0 saturated heterocycles. The summed E-state index contributed by atoms with van der Waals surface area (Å²) in [5.41, 5.74) is 1.36. The minimum absolute atomic E-state index is 0.197. The van der Waals surface area contributed by atoms with Crippen LogP contribution in [-0.2, 0) is 6.54 Å². The van der Waals surface area contributed by atoms with Crippen LogP contribution in [0, 0.1) is 17.7 Å². The first-order valence-electron chi connectivity index (χ1n) is 7.36. The third-order valence-corrected chi connectivity index (χ3v) is 3.60. The van der Waals surface area contributed by atoms with Gasteiger partial charge in [0.1, 0.15) is 12.4 Å². The van der Waals surface area contributed by atoms with E-state index in [2.05, 4.69) is 23.7 Å². The molecule has 0 radical (unpaired) electrons. The zero-order chi connectivity index (χ0) is 14.4. The highest BCUT2D eigenvalue weighted by Crippen LogP contribution is 2.29. The molecule has 1 aromatic rings. The van der Waals surface area contributed by atoms with E-state index in [1.54, 1.807) is 0 Å². The van der Waals surface area contributed by atoms with Crippen LogP contribution in [0.15, 0.2) is 18.2 Å². The van der Waals surface area contributed by atoms with Gasteiger partial charge < -0.3 is 5.11 Å². The summed E-state index contributed by atoms with van der Waals surface area (Å²) in [5.74, 6) is 5.07. The minimum Gasteiger partial charge on any atom is -0.384 e. The number of hydrogen-bond donors (Lipinski definition) is 1. The molecule has 2 rings (SSSR count).